The van der Waals surface area contributed by atoms with Crippen molar-refractivity contribution in [1.29, 1.82) is 0 Å². The summed E-state index contributed by atoms with van der Waals surface area (Å²) in [6.45, 7) is 3.77. The molecule has 2 aromatic heterocycles. The van der Waals surface area contributed by atoms with Crippen LogP contribution in [0.4, 0.5) is 0 Å². The summed E-state index contributed by atoms with van der Waals surface area (Å²) in [5.74, 6) is 0.680. The minimum Gasteiger partial charge on any atom is -0.467 e. The Morgan fingerprint density at radius 1 is 1.19 bits per heavy atom. The van der Waals surface area contributed by atoms with Crippen molar-refractivity contribution in [3.63, 3.8) is 0 Å². The molecule has 0 aromatic carbocycles. The molecule has 136 valence electrons. The van der Waals surface area contributed by atoms with E-state index in [1.54, 1.807) is 0 Å². The fourth-order valence-electron chi connectivity index (χ4n) is 3.66. The van der Waals surface area contributed by atoms with E-state index < -0.39 is 5.60 Å². The van der Waals surface area contributed by atoms with Crippen molar-refractivity contribution in [2.45, 2.75) is 31.8 Å². The van der Waals surface area contributed by atoms with Gasteiger partial charge >= 0.3 is 6.01 Å². The molecule has 0 bridgehead atoms. The second-order valence-electron chi connectivity index (χ2n) is 6.63. The van der Waals surface area contributed by atoms with Crippen LogP contribution < -0.4 is 4.74 Å². The zero-order valence-electron chi connectivity index (χ0n) is 14.9. The first-order chi connectivity index (χ1) is 12.6. The van der Waals surface area contributed by atoms with Crippen LogP contribution in [-0.2, 0) is 16.8 Å². The summed E-state index contributed by atoms with van der Waals surface area (Å²) in [6, 6.07) is 0.251. The standard InChI is InChI=1S/C18H21N5O3/c1-12-19-9-13-3-8-26-18(15(13)22-12)4-6-23(7-5-18)16(24)14-10-20-17(25-2)21-11-14/h9-11H,3-8H2,1-2H3. The number of carbonyl (C=O) groups excluding carboxylic acids is 1. The van der Waals surface area contributed by atoms with Crippen LogP contribution in [0.25, 0.3) is 0 Å². The second kappa shape index (κ2) is 6.60. The summed E-state index contributed by atoms with van der Waals surface area (Å²) in [6.07, 6.45) is 7.19. The Bertz CT molecular complexity index is 816. The fourth-order valence-corrected chi connectivity index (χ4v) is 3.66. The van der Waals surface area contributed by atoms with E-state index in [9.17, 15) is 4.79 Å². The van der Waals surface area contributed by atoms with Crippen LogP contribution in [0.2, 0.25) is 0 Å². The molecule has 0 N–H and O–H groups in total. The van der Waals surface area contributed by atoms with Crippen molar-refractivity contribution >= 4 is 5.91 Å². The molecule has 2 aliphatic rings. The zero-order valence-corrected chi connectivity index (χ0v) is 14.9. The van der Waals surface area contributed by atoms with Gasteiger partial charge < -0.3 is 14.4 Å². The normalized spacial score (nSPS) is 18.5. The maximum absolute atomic E-state index is 12.7. The molecule has 0 aliphatic carbocycles. The molecule has 4 heterocycles. The smallest absolute Gasteiger partial charge is 0.316 e. The summed E-state index contributed by atoms with van der Waals surface area (Å²) >= 11 is 0. The van der Waals surface area contributed by atoms with Gasteiger partial charge in [0.25, 0.3) is 5.91 Å². The lowest BCUT2D eigenvalue weighted by Gasteiger charge is -2.44. The summed E-state index contributed by atoms with van der Waals surface area (Å²) in [5.41, 5.74) is 2.21. The van der Waals surface area contributed by atoms with E-state index in [-0.39, 0.29) is 11.9 Å². The van der Waals surface area contributed by atoms with Crippen LogP contribution in [0.5, 0.6) is 6.01 Å². The lowest BCUT2D eigenvalue weighted by Crippen LogP contribution is -2.49. The molecule has 0 unspecified atom stereocenters. The Morgan fingerprint density at radius 3 is 2.62 bits per heavy atom. The van der Waals surface area contributed by atoms with Crippen LogP contribution in [-0.4, -0.2) is 57.5 Å². The monoisotopic (exact) mass is 355 g/mol. The highest BCUT2D eigenvalue weighted by Crippen LogP contribution is 2.40. The maximum atomic E-state index is 12.7. The van der Waals surface area contributed by atoms with E-state index >= 15 is 0 Å². The minimum atomic E-state index is -0.408. The Morgan fingerprint density at radius 2 is 1.92 bits per heavy atom. The Kier molecular flexibility index (Phi) is 4.28. The van der Waals surface area contributed by atoms with Gasteiger partial charge in [-0.2, -0.15) is 0 Å². The number of hydrogen-bond donors (Lipinski definition) is 0. The number of rotatable bonds is 2. The van der Waals surface area contributed by atoms with Gasteiger partial charge in [0.05, 0.1) is 25.0 Å². The first-order valence-corrected chi connectivity index (χ1v) is 8.73. The number of piperidine rings is 1. The first-order valence-electron chi connectivity index (χ1n) is 8.73. The van der Waals surface area contributed by atoms with Crippen LogP contribution in [0.3, 0.4) is 0 Å². The fraction of sp³-hybridized carbons (Fsp3) is 0.500. The van der Waals surface area contributed by atoms with Crippen molar-refractivity contribution in [2.24, 2.45) is 0 Å². The topological polar surface area (TPSA) is 90.3 Å². The summed E-state index contributed by atoms with van der Waals surface area (Å²) in [5, 5.41) is 0. The highest BCUT2D eigenvalue weighted by atomic mass is 16.5. The average molecular weight is 355 g/mol. The molecule has 8 nitrogen and oxygen atoms in total. The van der Waals surface area contributed by atoms with Gasteiger partial charge in [-0.3, -0.25) is 4.79 Å². The highest BCUT2D eigenvalue weighted by Gasteiger charge is 2.43. The molecule has 0 atom stereocenters. The van der Waals surface area contributed by atoms with Crippen molar-refractivity contribution in [3.8, 4) is 6.01 Å². The van der Waals surface area contributed by atoms with Crippen LogP contribution >= 0.6 is 0 Å². The number of aryl methyl sites for hydroxylation is 1. The molecule has 1 saturated heterocycles. The van der Waals surface area contributed by atoms with Gasteiger partial charge in [0.2, 0.25) is 0 Å². The van der Waals surface area contributed by atoms with E-state index in [1.807, 2.05) is 18.0 Å². The first kappa shape index (κ1) is 16.8. The van der Waals surface area contributed by atoms with Crippen molar-refractivity contribution in [1.82, 2.24) is 24.8 Å². The van der Waals surface area contributed by atoms with Gasteiger partial charge in [-0.25, -0.2) is 19.9 Å². The predicted molar refractivity (Wildman–Crippen MR) is 91.8 cm³/mol. The molecular formula is C18H21N5O3. The van der Waals surface area contributed by atoms with Gasteiger partial charge in [-0.05, 0) is 31.7 Å². The van der Waals surface area contributed by atoms with Crippen LogP contribution in [0.1, 0.15) is 40.3 Å². The zero-order chi connectivity index (χ0) is 18.1. The van der Waals surface area contributed by atoms with Gasteiger partial charge in [-0.15, -0.1) is 0 Å². The van der Waals surface area contributed by atoms with E-state index in [4.69, 9.17) is 9.47 Å². The van der Waals surface area contributed by atoms with Gasteiger partial charge in [-0.1, -0.05) is 0 Å². The van der Waals surface area contributed by atoms with E-state index in [1.165, 1.54) is 19.5 Å². The number of ether oxygens (including phenoxy) is 2. The second-order valence-corrected chi connectivity index (χ2v) is 6.63. The molecule has 0 saturated carbocycles. The molecule has 8 heteroatoms. The van der Waals surface area contributed by atoms with Crippen LogP contribution in [0.15, 0.2) is 18.6 Å². The number of amides is 1. The molecule has 4 rings (SSSR count). The SMILES string of the molecule is COc1ncc(C(=O)N2CCC3(CC2)OCCc2cnc(C)nc23)cn1. The van der Waals surface area contributed by atoms with Crippen molar-refractivity contribution in [3.05, 3.63) is 41.2 Å². The lowest BCUT2D eigenvalue weighted by atomic mass is 9.83. The lowest BCUT2D eigenvalue weighted by molar-refractivity contribution is -0.0968. The van der Waals surface area contributed by atoms with Gasteiger partial charge in [0, 0.05) is 31.7 Å². The van der Waals surface area contributed by atoms with Gasteiger partial charge in [0.15, 0.2) is 0 Å². The molecule has 1 fully saturated rings. The Balaban J connectivity index is 1.51. The molecule has 1 spiro atoms. The largest absolute Gasteiger partial charge is 0.467 e. The van der Waals surface area contributed by atoms with Crippen molar-refractivity contribution < 1.29 is 14.3 Å². The maximum Gasteiger partial charge on any atom is 0.316 e. The Hall–Kier alpha value is -2.61. The van der Waals surface area contributed by atoms with E-state index in [0.717, 1.165) is 36.3 Å². The number of hydrogen-bond acceptors (Lipinski definition) is 7. The van der Waals surface area contributed by atoms with Crippen LogP contribution in [0, 0.1) is 6.92 Å². The number of carbonyl (C=O) groups is 1. The number of methoxy groups -OCH3 is 1. The predicted octanol–water partition coefficient (Wildman–Crippen LogP) is 1.29. The number of nitrogens with zero attached hydrogens (tertiary/aromatic N) is 5. The molecule has 2 aromatic rings. The third-order valence-electron chi connectivity index (χ3n) is 5.08. The molecule has 2 aliphatic heterocycles. The Labute approximate surface area is 151 Å². The third-order valence-corrected chi connectivity index (χ3v) is 5.08. The molecular weight excluding hydrogens is 334 g/mol. The quantitative estimate of drug-likeness (QED) is 0.802. The summed E-state index contributed by atoms with van der Waals surface area (Å²) < 4.78 is 11.1. The molecule has 1 amide bonds. The third kappa shape index (κ3) is 2.90. The minimum absolute atomic E-state index is 0.0718. The average Bonchev–Trinajstić information content (AvgIpc) is 2.69. The summed E-state index contributed by atoms with van der Waals surface area (Å²) in [4.78, 5) is 31.5. The van der Waals surface area contributed by atoms with E-state index in [0.29, 0.717) is 25.3 Å². The summed E-state index contributed by atoms with van der Waals surface area (Å²) in [7, 11) is 1.49. The van der Waals surface area contributed by atoms with E-state index in [2.05, 4.69) is 19.9 Å². The number of aromatic nitrogens is 4. The van der Waals surface area contributed by atoms with Crippen molar-refractivity contribution in [2.75, 3.05) is 26.8 Å². The number of fused-ring (bicyclic) bond motifs is 2. The molecule has 26 heavy (non-hydrogen) atoms. The van der Waals surface area contributed by atoms with Gasteiger partial charge in [0.1, 0.15) is 11.4 Å². The highest BCUT2D eigenvalue weighted by molar-refractivity contribution is 5.93. The number of likely N-dealkylation sites (tertiary alicyclic amines) is 1. The molecule has 0 radical (unpaired) electrons.